The molecule has 0 aromatic carbocycles. The number of aromatic nitrogens is 1. The summed E-state index contributed by atoms with van der Waals surface area (Å²) in [6.07, 6.45) is 1.74. The van der Waals surface area contributed by atoms with Crippen molar-refractivity contribution >= 4 is 44.7 Å². The van der Waals surface area contributed by atoms with E-state index in [-0.39, 0.29) is 5.41 Å². The summed E-state index contributed by atoms with van der Waals surface area (Å²) >= 11 is 11.2. The zero-order chi connectivity index (χ0) is 13.2. The number of nitrogens with one attached hydrogen (secondary N) is 1. The van der Waals surface area contributed by atoms with Crippen LogP contribution in [0.4, 0.5) is 5.82 Å². The van der Waals surface area contributed by atoms with E-state index in [0.717, 1.165) is 16.8 Å². The second-order valence-electron chi connectivity index (χ2n) is 4.70. The lowest BCUT2D eigenvalue weighted by molar-refractivity contribution is 0.568. The van der Waals surface area contributed by atoms with Crippen LogP contribution in [0.3, 0.4) is 0 Å². The molecule has 2 aromatic rings. The zero-order valence-electron chi connectivity index (χ0n) is 10.2. The second-order valence-corrected chi connectivity index (χ2v) is 6.97. The number of pyridine rings is 1. The van der Waals surface area contributed by atoms with Crippen LogP contribution in [0.1, 0.15) is 18.7 Å². The Bertz CT molecular complexity index is 526. The molecular formula is C13H14BrClN2S. The molecule has 0 aliphatic carbocycles. The van der Waals surface area contributed by atoms with Crippen molar-refractivity contribution in [3.63, 3.8) is 0 Å². The Morgan fingerprint density at radius 3 is 2.89 bits per heavy atom. The van der Waals surface area contributed by atoms with E-state index in [4.69, 9.17) is 11.6 Å². The van der Waals surface area contributed by atoms with Gasteiger partial charge in [0.15, 0.2) is 0 Å². The average Bonchev–Trinajstić information content (AvgIpc) is 2.82. The van der Waals surface area contributed by atoms with Gasteiger partial charge in [-0.2, -0.15) is 0 Å². The molecule has 5 heteroatoms. The molecule has 1 N–H and O–H groups in total. The third-order valence-corrected chi connectivity index (χ3v) is 4.65. The lowest BCUT2D eigenvalue weighted by Crippen LogP contribution is -2.26. The van der Waals surface area contributed by atoms with Crippen molar-refractivity contribution in [1.29, 1.82) is 0 Å². The molecular weight excluding hydrogens is 332 g/mol. The van der Waals surface area contributed by atoms with Crippen LogP contribution in [-0.2, 0) is 5.41 Å². The maximum atomic E-state index is 6.13. The van der Waals surface area contributed by atoms with Crippen LogP contribution < -0.4 is 5.32 Å². The third-order valence-electron chi connectivity index (χ3n) is 2.69. The van der Waals surface area contributed by atoms with Crippen molar-refractivity contribution in [3.05, 3.63) is 44.1 Å². The first-order valence-corrected chi connectivity index (χ1v) is 7.63. The van der Waals surface area contributed by atoms with E-state index in [1.54, 1.807) is 17.5 Å². The van der Waals surface area contributed by atoms with Gasteiger partial charge < -0.3 is 5.32 Å². The second kappa shape index (κ2) is 5.59. The highest BCUT2D eigenvalue weighted by molar-refractivity contribution is 9.10. The minimum absolute atomic E-state index is 0.0618. The van der Waals surface area contributed by atoms with Crippen LogP contribution in [0.2, 0.25) is 5.02 Å². The van der Waals surface area contributed by atoms with Crippen LogP contribution in [-0.4, -0.2) is 11.5 Å². The molecule has 2 heterocycles. The predicted molar refractivity (Wildman–Crippen MR) is 82.8 cm³/mol. The fourth-order valence-electron chi connectivity index (χ4n) is 1.60. The number of hydrogen-bond acceptors (Lipinski definition) is 3. The van der Waals surface area contributed by atoms with Gasteiger partial charge >= 0.3 is 0 Å². The van der Waals surface area contributed by atoms with Crippen LogP contribution in [0.25, 0.3) is 0 Å². The predicted octanol–water partition coefficient (Wildman–Crippen LogP) is 4.95. The molecule has 0 spiro atoms. The first-order valence-electron chi connectivity index (χ1n) is 5.58. The van der Waals surface area contributed by atoms with Gasteiger partial charge in [0.1, 0.15) is 5.82 Å². The summed E-state index contributed by atoms with van der Waals surface area (Å²) in [5.41, 5.74) is 0.0618. The normalized spacial score (nSPS) is 11.6. The highest BCUT2D eigenvalue weighted by Crippen LogP contribution is 2.29. The smallest absolute Gasteiger partial charge is 0.144 e. The van der Waals surface area contributed by atoms with Gasteiger partial charge in [0.25, 0.3) is 0 Å². The van der Waals surface area contributed by atoms with E-state index in [2.05, 4.69) is 57.6 Å². The largest absolute Gasteiger partial charge is 0.368 e. The van der Waals surface area contributed by atoms with Crippen molar-refractivity contribution in [2.24, 2.45) is 0 Å². The molecule has 0 aliphatic heterocycles. The first kappa shape index (κ1) is 13.8. The molecule has 0 aliphatic rings. The summed E-state index contributed by atoms with van der Waals surface area (Å²) in [6.45, 7) is 5.21. The summed E-state index contributed by atoms with van der Waals surface area (Å²) in [4.78, 5) is 5.63. The molecule has 0 bridgehead atoms. The fraction of sp³-hybridized carbons (Fsp3) is 0.308. The summed E-state index contributed by atoms with van der Waals surface area (Å²) in [5, 5.41) is 6.04. The fourth-order valence-corrected chi connectivity index (χ4v) is 3.15. The Hall–Kier alpha value is -0.580. The summed E-state index contributed by atoms with van der Waals surface area (Å²) in [5.74, 6) is 0.726. The standard InChI is InChI=1S/C13H14BrClN2S/c1-13(2,11-4-3-5-18-11)8-17-12-10(15)6-9(14)7-16-12/h3-7H,8H2,1-2H3,(H,16,17). The third kappa shape index (κ3) is 3.25. The molecule has 96 valence electrons. The van der Waals surface area contributed by atoms with E-state index in [9.17, 15) is 0 Å². The van der Waals surface area contributed by atoms with Gasteiger partial charge in [-0.15, -0.1) is 11.3 Å². The molecule has 2 nitrogen and oxygen atoms in total. The van der Waals surface area contributed by atoms with Gasteiger partial charge in [-0.25, -0.2) is 4.98 Å². The van der Waals surface area contributed by atoms with Crippen molar-refractivity contribution in [3.8, 4) is 0 Å². The minimum Gasteiger partial charge on any atom is -0.368 e. The Labute approximate surface area is 125 Å². The monoisotopic (exact) mass is 344 g/mol. The Balaban J connectivity index is 2.07. The van der Waals surface area contributed by atoms with Crippen molar-refractivity contribution in [2.75, 3.05) is 11.9 Å². The molecule has 0 atom stereocenters. The van der Waals surface area contributed by atoms with Gasteiger partial charge in [-0.3, -0.25) is 0 Å². The van der Waals surface area contributed by atoms with Crippen LogP contribution in [0.5, 0.6) is 0 Å². The van der Waals surface area contributed by atoms with E-state index in [1.165, 1.54) is 4.88 Å². The lowest BCUT2D eigenvalue weighted by Gasteiger charge is -2.24. The van der Waals surface area contributed by atoms with Crippen LogP contribution in [0, 0.1) is 0 Å². The Morgan fingerprint density at radius 2 is 2.28 bits per heavy atom. The molecule has 18 heavy (non-hydrogen) atoms. The topological polar surface area (TPSA) is 24.9 Å². The van der Waals surface area contributed by atoms with Gasteiger partial charge in [-0.05, 0) is 33.4 Å². The summed E-state index contributed by atoms with van der Waals surface area (Å²) in [7, 11) is 0. The van der Waals surface area contributed by atoms with Gasteiger partial charge in [-0.1, -0.05) is 31.5 Å². The zero-order valence-corrected chi connectivity index (χ0v) is 13.4. The van der Waals surface area contributed by atoms with Crippen molar-refractivity contribution in [2.45, 2.75) is 19.3 Å². The minimum atomic E-state index is 0.0618. The molecule has 2 aromatic heterocycles. The molecule has 2 rings (SSSR count). The molecule has 0 radical (unpaired) electrons. The molecule has 0 saturated carbocycles. The van der Waals surface area contributed by atoms with E-state index >= 15 is 0 Å². The highest BCUT2D eigenvalue weighted by atomic mass is 79.9. The van der Waals surface area contributed by atoms with Gasteiger partial charge in [0, 0.05) is 27.5 Å². The average molecular weight is 346 g/mol. The molecule has 0 amide bonds. The molecule has 0 saturated heterocycles. The number of anilines is 1. The van der Waals surface area contributed by atoms with Crippen molar-refractivity contribution in [1.82, 2.24) is 4.98 Å². The maximum Gasteiger partial charge on any atom is 0.144 e. The van der Waals surface area contributed by atoms with Gasteiger partial charge in [0.2, 0.25) is 0 Å². The quantitative estimate of drug-likeness (QED) is 0.848. The summed E-state index contributed by atoms with van der Waals surface area (Å²) in [6, 6.07) is 6.07. The summed E-state index contributed by atoms with van der Waals surface area (Å²) < 4.78 is 0.885. The van der Waals surface area contributed by atoms with Gasteiger partial charge in [0.05, 0.1) is 5.02 Å². The lowest BCUT2D eigenvalue weighted by atomic mass is 9.91. The number of rotatable bonds is 4. The highest BCUT2D eigenvalue weighted by Gasteiger charge is 2.21. The van der Waals surface area contributed by atoms with E-state index in [1.807, 2.05) is 6.07 Å². The van der Waals surface area contributed by atoms with E-state index in [0.29, 0.717) is 5.02 Å². The van der Waals surface area contributed by atoms with Crippen LogP contribution in [0.15, 0.2) is 34.2 Å². The first-order chi connectivity index (χ1) is 8.49. The Morgan fingerprint density at radius 1 is 1.50 bits per heavy atom. The Kier molecular flexibility index (Phi) is 4.30. The van der Waals surface area contributed by atoms with Crippen LogP contribution >= 0.6 is 38.9 Å². The number of hydrogen-bond donors (Lipinski definition) is 1. The number of halogens is 2. The maximum absolute atomic E-state index is 6.13. The molecule has 0 unspecified atom stereocenters. The van der Waals surface area contributed by atoms with E-state index < -0.39 is 0 Å². The number of nitrogens with zero attached hydrogens (tertiary/aromatic N) is 1. The van der Waals surface area contributed by atoms with Crippen molar-refractivity contribution < 1.29 is 0 Å². The SMILES string of the molecule is CC(C)(CNc1ncc(Br)cc1Cl)c1cccs1. The molecule has 0 fully saturated rings. The number of thiophene rings is 1.